The molecule has 0 amide bonds. The van der Waals surface area contributed by atoms with Gasteiger partial charge in [0, 0.05) is 0 Å². The van der Waals surface area contributed by atoms with Crippen molar-refractivity contribution in [1.29, 1.82) is 0 Å². The van der Waals surface area contributed by atoms with E-state index in [1.54, 1.807) is 33.2 Å². The first-order valence-corrected chi connectivity index (χ1v) is 8.36. The molecule has 0 unspecified atom stereocenters. The van der Waals surface area contributed by atoms with E-state index in [9.17, 15) is 0 Å². The maximum atomic E-state index is 2.41. The molecule has 2 heteroatoms. The zero-order valence-corrected chi connectivity index (χ0v) is 10.3. The summed E-state index contributed by atoms with van der Waals surface area (Å²) >= 11 is 1.59. The molecular weight excluding hydrogens is 215 g/mol. The zero-order valence-electron chi connectivity index (χ0n) is 8.86. The van der Waals surface area contributed by atoms with Crippen LogP contribution in [-0.4, -0.2) is 8.07 Å². The average Bonchev–Trinajstić information content (AvgIpc) is 2.11. The molecule has 1 aliphatic rings. The van der Waals surface area contributed by atoms with Gasteiger partial charge in [0.2, 0.25) is 0 Å². The third-order valence-electron chi connectivity index (χ3n) is 1.74. The number of hydrogen-bond donors (Lipinski definition) is 0. The maximum Gasteiger partial charge on any atom is -1.00 e. The van der Waals surface area contributed by atoms with E-state index in [1.807, 2.05) is 0 Å². The van der Waals surface area contributed by atoms with Crippen LogP contribution in [-0.2, 0) is 24.7 Å². The van der Waals surface area contributed by atoms with E-state index in [1.165, 1.54) is 6.42 Å². The van der Waals surface area contributed by atoms with Gasteiger partial charge in [-0.2, -0.15) is 0 Å². The largest absolute Gasteiger partial charge is 1.00 e. The monoisotopic (exact) mass is 229 g/mol. The molecule has 0 aromatic carbocycles. The van der Waals surface area contributed by atoms with Gasteiger partial charge in [-0.15, -0.1) is 0 Å². The van der Waals surface area contributed by atoms with Crippen molar-refractivity contribution in [3.8, 4) is 0 Å². The Hall–Kier alpha value is 0.580. The summed E-state index contributed by atoms with van der Waals surface area (Å²) in [5.41, 5.74) is 0. The summed E-state index contributed by atoms with van der Waals surface area (Å²) in [5.74, 6) is 0. The molecule has 0 atom stereocenters. The van der Waals surface area contributed by atoms with E-state index in [2.05, 4.69) is 31.8 Å². The Labute approximate surface area is 82.2 Å². The van der Waals surface area contributed by atoms with Crippen LogP contribution in [0.2, 0.25) is 19.6 Å². The van der Waals surface area contributed by atoms with Crippen LogP contribution in [0.3, 0.4) is 0 Å². The second kappa shape index (κ2) is 2.91. The molecule has 0 saturated heterocycles. The van der Waals surface area contributed by atoms with Crippen molar-refractivity contribution in [2.24, 2.45) is 0 Å². The van der Waals surface area contributed by atoms with Crippen molar-refractivity contribution in [3.05, 3.63) is 20.6 Å². The Morgan fingerprint density at radius 1 is 1.50 bits per heavy atom. The summed E-state index contributed by atoms with van der Waals surface area (Å²) in [6.45, 7) is 7.22. The van der Waals surface area contributed by atoms with E-state index in [0.717, 1.165) is 0 Å². The molecule has 55 valence electrons. The van der Waals surface area contributed by atoms with Crippen LogP contribution in [0.1, 0.15) is 9.27 Å². The van der Waals surface area contributed by atoms with Gasteiger partial charge in [-0.1, -0.05) is 0 Å². The van der Waals surface area contributed by atoms with Crippen LogP contribution in [0.5, 0.6) is 0 Å². The minimum absolute atomic E-state index is 0. The predicted octanol–water partition coefficient (Wildman–Crippen LogP) is 2.85. The van der Waals surface area contributed by atoms with Gasteiger partial charge in [0.15, 0.2) is 0 Å². The van der Waals surface area contributed by atoms with E-state index in [0.29, 0.717) is 0 Å². The molecule has 0 N–H and O–H groups in total. The molecule has 1 aliphatic carbocycles. The fraction of sp³-hybridized carbons (Fsp3) is 0.500. The van der Waals surface area contributed by atoms with Crippen LogP contribution >= 0.6 is 0 Å². The van der Waals surface area contributed by atoms with Gasteiger partial charge < -0.3 is 2.85 Å². The third-order valence-corrected chi connectivity index (χ3v) is 4.67. The molecule has 0 radical (unpaired) electrons. The molecule has 0 fully saturated rings. The molecule has 1 rings (SSSR count). The van der Waals surface area contributed by atoms with Crippen molar-refractivity contribution in [2.75, 3.05) is 0 Å². The van der Waals surface area contributed by atoms with Crippen molar-refractivity contribution >= 4 is 8.07 Å². The van der Waals surface area contributed by atoms with Crippen molar-refractivity contribution in [1.82, 2.24) is 0 Å². The van der Waals surface area contributed by atoms with Crippen LogP contribution in [0.4, 0.5) is 0 Å². The molecule has 0 aliphatic heterocycles. The molecule has 10 heavy (non-hydrogen) atoms. The Morgan fingerprint density at radius 2 is 2.10 bits per heavy atom. The molecule has 0 aromatic heterocycles. The quantitative estimate of drug-likeness (QED) is 0.608. The maximum absolute atomic E-state index is 2.41. The standard InChI is InChI=1S/C8H13Si.Zr.2H/c1-9(2,3)8-6-4-5-7-8;;;/h6-7H,4H2,1-3H3;;;/q;+2;2*-1. The first-order chi connectivity index (χ1) is 4.50. The van der Waals surface area contributed by atoms with Gasteiger partial charge in [0.1, 0.15) is 0 Å². The smallest absolute Gasteiger partial charge is 1.00 e. The molecule has 0 heterocycles. The van der Waals surface area contributed by atoms with Gasteiger partial charge in [-0.05, 0) is 0 Å². The first-order valence-electron chi connectivity index (χ1n) is 3.63. The third kappa shape index (κ3) is 2.03. The van der Waals surface area contributed by atoms with Crippen molar-refractivity contribution < 1.29 is 27.6 Å². The first kappa shape index (κ1) is 8.67. The van der Waals surface area contributed by atoms with E-state index in [4.69, 9.17) is 0 Å². The predicted molar refractivity (Wildman–Crippen MR) is 46.4 cm³/mol. The Kier molecular flexibility index (Phi) is 2.52. The van der Waals surface area contributed by atoms with E-state index >= 15 is 0 Å². The van der Waals surface area contributed by atoms with Gasteiger partial charge >= 0.3 is 79.5 Å². The normalized spacial score (nSPS) is 18.9. The van der Waals surface area contributed by atoms with Crippen molar-refractivity contribution in [3.63, 3.8) is 0 Å². The summed E-state index contributed by atoms with van der Waals surface area (Å²) in [6.07, 6.45) is 6.05. The summed E-state index contributed by atoms with van der Waals surface area (Å²) < 4.78 is 1.62. The summed E-state index contributed by atoms with van der Waals surface area (Å²) in [4.78, 5) is 0. The molecule has 0 spiro atoms. The topological polar surface area (TPSA) is 0 Å². The van der Waals surface area contributed by atoms with Crippen LogP contribution < -0.4 is 0 Å². The fourth-order valence-electron chi connectivity index (χ4n) is 1.05. The molecule has 0 bridgehead atoms. The summed E-state index contributed by atoms with van der Waals surface area (Å²) in [6, 6.07) is 0. The van der Waals surface area contributed by atoms with Gasteiger partial charge in [0.25, 0.3) is 0 Å². The second-order valence-corrected chi connectivity index (χ2v) is 10.4. The van der Waals surface area contributed by atoms with Crippen LogP contribution in [0.25, 0.3) is 0 Å². The number of allylic oxidation sites excluding steroid dienone is 4. The van der Waals surface area contributed by atoms with E-state index in [-0.39, 0.29) is 2.85 Å². The summed E-state index contributed by atoms with van der Waals surface area (Å²) in [5, 5.41) is 1.65. The molecule has 0 aromatic rings. The zero-order chi connectivity index (χ0) is 7.78. The Balaban J connectivity index is 0. The summed E-state index contributed by atoms with van der Waals surface area (Å²) in [7, 11) is -0.967. The fourth-order valence-corrected chi connectivity index (χ4v) is 3.36. The van der Waals surface area contributed by atoms with Crippen LogP contribution in [0.15, 0.2) is 20.6 Å². The molecule has 0 nitrogen and oxygen atoms in total. The number of hydrogen-bond acceptors (Lipinski definition) is 0. The average molecular weight is 231 g/mol. The van der Waals surface area contributed by atoms with Gasteiger partial charge in [-0.3, -0.25) is 0 Å². The molecule has 0 saturated carbocycles. The SMILES string of the molecule is C[Si](C)(C)C1=CC[C]([Zr+2])=C1.[H-].[H-]. The minimum Gasteiger partial charge on any atom is -1.00 e. The van der Waals surface area contributed by atoms with Gasteiger partial charge in [0.05, 0.1) is 0 Å². The number of rotatable bonds is 1. The second-order valence-electron chi connectivity index (χ2n) is 3.78. The minimum atomic E-state index is -0.967. The van der Waals surface area contributed by atoms with Crippen LogP contribution in [0, 0.1) is 0 Å². The van der Waals surface area contributed by atoms with E-state index < -0.39 is 8.07 Å². The van der Waals surface area contributed by atoms with Crippen molar-refractivity contribution in [2.45, 2.75) is 26.1 Å². The Bertz CT molecular complexity index is 204. The molecular formula is C8H15SiZr. The Morgan fingerprint density at radius 3 is 2.30 bits per heavy atom. The van der Waals surface area contributed by atoms with Gasteiger partial charge in [-0.25, -0.2) is 0 Å².